The molecule has 0 unspecified atom stereocenters. The Balaban J connectivity index is 2.90. The van der Waals surface area contributed by atoms with Gasteiger partial charge in [-0.1, -0.05) is 30.3 Å². The Kier molecular flexibility index (Phi) is 4.92. The van der Waals surface area contributed by atoms with E-state index < -0.39 is 12.1 Å². The van der Waals surface area contributed by atoms with Gasteiger partial charge in [-0.05, 0) is 12.5 Å². The first-order valence-electron chi connectivity index (χ1n) is 5.35. The largest absolute Gasteiger partial charge is 0.478 e. The lowest BCUT2D eigenvalue weighted by atomic mass is 10.2. The van der Waals surface area contributed by atoms with Crippen LogP contribution < -0.4 is 0 Å². The molecule has 5 nitrogen and oxygen atoms in total. The maximum Gasteiger partial charge on any atom is 0.413 e. The summed E-state index contributed by atoms with van der Waals surface area (Å²) in [4.78, 5) is 23.5. The highest BCUT2D eigenvalue weighted by Crippen LogP contribution is 2.08. The Labute approximate surface area is 105 Å². The zero-order valence-electron chi connectivity index (χ0n) is 10.3. The van der Waals surface area contributed by atoms with E-state index in [0.29, 0.717) is 0 Å². The fraction of sp³-hybridized carbons (Fsp3) is 0.231. The molecule has 0 bridgehead atoms. The number of rotatable bonds is 4. The first kappa shape index (κ1) is 13.8. The number of aliphatic carboxylic acids is 1. The second-order valence-electron chi connectivity index (χ2n) is 3.70. The Hall–Kier alpha value is -2.30. The van der Waals surface area contributed by atoms with Crippen LogP contribution in [0.4, 0.5) is 4.79 Å². The number of methoxy groups -OCH3 is 1. The number of carbonyl (C=O) groups is 2. The minimum atomic E-state index is -1.07. The monoisotopic (exact) mass is 249 g/mol. The van der Waals surface area contributed by atoms with E-state index in [-0.39, 0.29) is 12.1 Å². The molecule has 0 radical (unpaired) electrons. The van der Waals surface area contributed by atoms with E-state index in [2.05, 4.69) is 4.74 Å². The van der Waals surface area contributed by atoms with Crippen LogP contribution in [0.3, 0.4) is 0 Å². The second kappa shape index (κ2) is 6.44. The number of hydrogen-bond donors (Lipinski definition) is 1. The molecule has 18 heavy (non-hydrogen) atoms. The van der Waals surface area contributed by atoms with Gasteiger partial charge in [-0.15, -0.1) is 0 Å². The molecule has 0 aliphatic carbocycles. The number of hydrogen-bond acceptors (Lipinski definition) is 3. The number of amides is 1. The van der Waals surface area contributed by atoms with Gasteiger partial charge < -0.3 is 9.84 Å². The molecule has 0 aliphatic heterocycles. The molecule has 96 valence electrons. The van der Waals surface area contributed by atoms with Crippen molar-refractivity contribution in [1.29, 1.82) is 0 Å². The summed E-state index contributed by atoms with van der Waals surface area (Å²) in [5.41, 5.74) is 0.952. The van der Waals surface area contributed by atoms with E-state index in [9.17, 15) is 9.59 Å². The molecule has 0 heterocycles. The van der Waals surface area contributed by atoms with Crippen LogP contribution in [-0.4, -0.2) is 29.2 Å². The van der Waals surface area contributed by atoms with E-state index >= 15 is 0 Å². The fourth-order valence-corrected chi connectivity index (χ4v) is 1.35. The Morgan fingerprint density at radius 1 is 1.33 bits per heavy atom. The van der Waals surface area contributed by atoms with Crippen LogP contribution >= 0.6 is 0 Å². The van der Waals surface area contributed by atoms with Gasteiger partial charge in [-0.3, -0.25) is 4.90 Å². The van der Waals surface area contributed by atoms with E-state index in [4.69, 9.17) is 5.11 Å². The summed E-state index contributed by atoms with van der Waals surface area (Å²) in [7, 11) is 1.25. The topological polar surface area (TPSA) is 66.8 Å². The second-order valence-corrected chi connectivity index (χ2v) is 3.70. The lowest BCUT2D eigenvalue weighted by Gasteiger charge is -2.17. The van der Waals surface area contributed by atoms with Crippen molar-refractivity contribution >= 4 is 12.1 Å². The molecule has 0 saturated heterocycles. The minimum absolute atomic E-state index is 0.0660. The smallest absolute Gasteiger partial charge is 0.413 e. The van der Waals surface area contributed by atoms with Crippen LogP contribution in [0.2, 0.25) is 0 Å². The summed E-state index contributed by atoms with van der Waals surface area (Å²) < 4.78 is 4.61. The van der Waals surface area contributed by atoms with Crippen molar-refractivity contribution in [3.05, 3.63) is 47.7 Å². The average molecular weight is 249 g/mol. The third-order valence-electron chi connectivity index (χ3n) is 2.29. The number of ether oxygens (including phenoxy) is 1. The van der Waals surface area contributed by atoms with Crippen molar-refractivity contribution in [2.24, 2.45) is 0 Å². The molecule has 5 heteroatoms. The van der Waals surface area contributed by atoms with Crippen molar-refractivity contribution in [3.63, 3.8) is 0 Å². The van der Waals surface area contributed by atoms with Gasteiger partial charge in [0.1, 0.15) is 0 Å². The van der Waals surface area contributed by atoms with Crippen LogP contribution in [0, 0.1) is 0 Å². The van der Waals surface area contributed by atoms with Gasteiger partial charge in [0, 0.05) is 6.20 Å². The molecule has 1 rings (SSSR count). The van der Waals surface area contributed by atoms with Gasteiger partial charge in [0.15, 0.2) is 0 Å². The zero-order valence-corrected chi connectivity index (χ0v) is 10.3. The van der Waals surface area contributed by atoms with E-state index in [1.54, 1.807) is 0 Å². The fourth-order valence-electron chi connectivity index (χ4n) is 1.35. The van der Waals surface area contributed by atoms with Crippen molar-refractivity contribution in [3.8, 4) is 0 Å². The first-order valence-corrected chi connectivity index (χ1v) is 5.35. The highest BCUT2D eigenvalue weighted by atomic mass is 16.5. The number of carboxylic acid groups (broad SMARTS) is 1. The van der Waals surface area contributed by atoms with Gasteiger partial charge in [0.05, 0.1) is 19.2 Å². The molecule has 0 aromatic heterocycles. The average Bonchev–Trinajstić information content (AvgIpc) is 2.38. The van der Waals surface area contributed by atoms with E-state index in [1.807, 2.05) is 30.3 Å². The van der Waals surface area contributed by atoms with Gasteiger partial charge in [-0.2, -0.15) is 0 Å². The molecule has 1 N–H and O–H groups in total. The molecule has 0 fully saturated rings. The van der Waals surface area contributed by atoms with Crippen molar-refractivity contribution in [1.82, 2.24) is 4.90 Å². The Morgan fingerprint density at radius 2 is 1.94 bits per heavy atom. The molecule has 0 aliphatic rings. The number of benzene rings is 1. The predicted molar refractivity (Wildman–Crippen MR) is 65.8 cm³/mol. The summed E-state index contributed by atoms with van der Waals surface area (Å²) in [6.07, 6.45) is 0.667. The normalized spacial score (nSPS) is 10.9. The van der Waals surface area contributed by atoms with Crippen molar-refractivity contribution in [2.45, 2.75) is 13.5 Å². The molecule has 0 spiro atoms. The summed E-state index contributed by atoms with van der Waals surface area (Å²) >= 11 is 0. The summed E-state index contributed by atoms with van der Waals surface area (Å²) in [5.74, 6) is -1.07. The zero-order chi connectivity index (χ0) is 13.5. The van der Waals surface area contributed by atoms with Crippen molar-refractivity contribution in [2.75, 3.05) is 7.11 Å². The summed E-state index contributed by atoms with van der Waals surface area (Å²) in [6.45, 7) is 1.68. The van der Waals surface area contributed by atoms with E-state index in [1.165, 1.54) is 25.1 Å². The molecular weight excluding hydrogens is 234 g/mol. The van der Waals surface area contributed by atoms with Crippen LogP contribution in [0.25, 0.3) is 0 Å². The number of carboxylic acids is 1. The quantitative estimate of drug-likeness (QED) is 0.831. The molecule has 0 saturated carbocycles. The van der Waals surface area contributed by atoms with Crippen LogP contribution in [-0.2, 0) is 16.1 Å². The number of carbonyl (C=O) groups excluding carboxylic acids is 1. The van der Waals surface area contributed by atoms with Gasteiger partial charge in [0.2, 0.25) is 0 Å². The highest BCUT2D eigenvalue weighted by molar-refractivity contribution is 5.86. The third-order valence-corrected chi connectivity index (χ3v) is 2.29. The Bertz CT molecular complexity index is 453. The molecule has 0 atom stereocenters. The highest BCUT2D eigenvalue weighted by Gasteiger charge is 2.13. The predicted octanol–water partition coefficient (Wildman–Crippen LogP) is 2.24. The number of nitrogens with zero attached hydrogens (tertiary/aromatic N) is 1. The maximum absolute atomic E-state index is 11.5. The molecule has 1 amide bonds. The third kappa shape index (κ3) is 3.93. The summed E-state index contributed by atoms with van der Waals surface area (Å²) in [6, 6.07) is 9.25. The summed E-state index contributed by atoms with van der Waals surface area (Å²) in [5, 5.41) is 8.80. The van der Waals surface area contributed by atoms with Gasteiger partial charge in [-0.25, -0.2) is 9.59 Å². The molecular formula is C13H15NO4. The van der Waals surface area contributed by atoms with Crippen molar-refractivity contribution < 1.29 is 19.4 Å². The van der Waals surface area contributed by atoms with Crippen LogP contribution in [0.15, 0.2) is 42.1 Å². The SMILES string of the molecule is COC(=O)N(/C=C(\C)C(=O)O)Cc1ccccc1. The molecule has 1 aromatic rings. The Morgan fingerprint density at radius 3 is 2.44 bits per heavy atom. The van der Waals surface area contributed by atoms with E-state index in [0.717, 1.165) is 5.56 Å². The van der Waals surface area contributed by atoms with Gasteiger partial charge in [0.25, 0.3) is 0 Å². The minimum Gasteiger partial charge on any atom is -0.478 e. The standard InChI is InChI=1S/C13H15NO4/c1-10(12(15)16)8-14(13(17)18-2)9-11-6-4-3-5-7-11/h3-8H,9H2,1-2H3,(H,15,16)/b10-8+. The lowest BCUT2D eigenvalue weighted by molar-refractivity contribution is -0.132. The molecule has 1 aromatic carbocycles. The lowest BCUT2D eigenvalue weighted by Crippen LogP contribution is -2.26. The van der Waals surface area contributed by atoms with Crippen LogP contribution in [0.1, 0.15) is 12.5 Å². The van der Waals surface area contributed by atoms with Crippen LogP contribution in [0.5, 0.6) is 0 Å². The van der Waals surface area contributed by atoms with Gasteiger partial charge >= 0.3 is 12.1 Å². The first-order chi connectivity index (χ1) is 8.54. The maximum atomic E-state index is 11.5.